The first-order chi connectivity index (χ1) is 10.5. The molecule has 122 valence electrons. The predicted molar refractivity (Wildman–Crippen MR) is 90.1 cm³/mol. The van der Waals surface area contributed by atoms with Gasteiger partial charge in [0.2, 0.25) is 10.0 Å². The number of rotatable bonds is 4. The molecule has 0 aliphatic carbocycles. The average Bonchev–Trinajstić information content (AvgIpc) is 2.79. The molecular formula is C16H23NO3S2. The molecule has 0 saturated carbocycles. The Morgan fingerprint density at radius 2 is 1.86 bits per heavy atom. The van der Waals surface area contributed by atoms with Gasteiger partial charge in [0.05, 0.1) is 7.11 Å². The lowest BCUT2D eigenvalue weighted by molar-refractivity contribution is 0.252. The summed E-state index contributed by atoms with van der Waals surface area (Å²) in [6, 6.07) is 5.65. The maximum Gasteiger partial charge on any atom is 0.247 e. The lowest BCUT2D eigenvalue weighted by atomic mass is 10.1. The molecule has 4 nitrogen and oxygen atoms in total. The first-order valence-electron chi connectivity index (χ1n) is 7.68. The first kappa shape index (κ1) is 16.1. The van der Waals surface area contributed by atoms with Gasteiger partial charge in [0.15, 0.2) is 0 Å². The van der Waals surface area contributed by atoms with Crippen LogP contribution in [0.15, 0.2) is 23.1 Å². The van der Waals surface area contributed by atoms with Crippen LogP contribution in [0.2, 0.25) is 0 Å². The van der Waals surface area contributed by atoms with Crippen molar-refractivity contribution in [3.8, 4) is 5.75 Å². The van der Waals surface area contributed by atoms with E-state index in [1.807, 2.05) is 24.8 Å². The summed E-state index contributed by atoms with van der Waals surface area (Å²) in [6.07, 6.45) is 6.01. The van der Waals surface area contributed by atoms with Crippen molar-refractivity contribution in [1.82, 2.24) is 4.31 Å². The summed E-state index contributed by atoms with van der Waals surface area (Å²) in [5, 5.41) is 0.586. The third kappa shape index (κ3) is 2.65. The molecule has 2 atom stereocenters. The van der Waals surface area contributed by atoms with Gasteiger partial charge in [0, 0.05) is 17.3 Å². The van der Waals surface area contributed by atoms with Gasteiger partial charge < -0.3 is 4.74 Å². The third-order valence-electron chi connectivity index (χ3n) is 4.83. The van der Waals surface area contributed by atoms with Crippen LogP contribution in [0.3, 0.4) is 0 Å². The summed E-state index contributed by atoms with van der Waals surface area (Å²) >= 11 is 1.87. The zero-order valence-electron chi connectivity index (χ0n) is 13.3. The van der Waals surface area contributed by atoms with Crippen LogP contribution in [0.5, 0.6) is 5.75 Å². The average molecular weight is 341 g/mol. The number of nitrogens with zero attached hydrogens (tertiary/aromatic N) is 1. The number of thioether (sulfide) groups is 1. The molecule has 0 radical (unpaired) electrons. The first-order valence-corrected chi connectivity index (χ1v) is 10.4. The van der Waals surface area contributed by atoms with Gasteiger partial charge in [-0.05, 0) is 56.6 Å². The van der Waals surface area contributed by atoms with Gasteiger partial charge in [-0.25, -0.2) is 8.42 Å². The Balaban J connectivity index is 1.99. The van der Waals surface area contributed by atoms with Crippen LogP contribution in [-0.4, -0.2) is 43.4 Å². The standard InChI is InChI=1S/C16H23NO3S2/c1-11-4-7-15(20-2)16(8-11)22(18,19)17-12-5-6-13(17)10-14(9-12)21-3/h4,7-8,12-14H,5-6,9-10H2,1-3H3. The van der Waals surface area contributed by atoms with Gasteiger partial charge in [-0.2, -0.15) is 16.1 Å². The van der Waals surface area contributed by atoms with E-state index in [9.17, 15) is 8.42 Å². The molecule has 2 bridgehead atoms. The second-order valence-electron chi connectivity index (χ2n) is 6.20. The van der Waals surface area contributed by atoms with Crippen LogP contribution in [0.4, 0.5) is 0 Å². The fourth-order valence-electron chi connectivity index (χ4n) is 3.77. The highest BCUT2D eigenvalue weighted by Crippen LogP contribution is 2.43. The fraction of sp³-hybridized carbons (Fsp3) is 0.625. The third-order valence-corrected chi connectivity index (χ3v) is 7.91. The molecule has 2 saturated heterocycles. The van der Waals surface area contributed by atoms with Crippen molar-refractivity contribution in [2.75, 3.05) is 13.4 Å². The molecule has 1 aromatic carbocycles. The summed E-state index contributed by atoms with van der Waals surface area (Å²) in [4.78, 5) is 0.314. The zero-order valence-corrected chi connectivity index (χ0v) is 14.9. The smallest absolute Gasteiger partial charge is 0.247 e. The number of hydrogen-bond donors (Lipinski definition) is 0. The molecule has 2 aliphatic heterocycles. The lowest BCUT2D eigenvalue weighted by Crippen LogP contribution is -2.47. The largest absolute Gasteiger partial charge is 0.495 e. The van der Waals surface area contributed by atoms with E-state index in [1.165, 1.54) is 7.11 Å². The van der Waals surface area contributed by atoms with E-state index in [1.54, 1.807) is 16.4 Å². The molecule has 1 aromatic rings. The molecule has 2 unspecified atom stereocenters. The van der Waals surface area contributed by atoms with Crippen molar-refractivity contribution in [2.45, 2.75) is 54.8 Å². The summed E-state index contributed by atoms with van der Waals surface area (Å²) in [6.45, 7) is 1.91. The molecule has 0 amide bonds. The quantitative estimate of drug-likeness (QED) is 0.844. The van der Waals surface area contributed by atoms with Crippen LogP contribution >= 0.6 is 11.8 Å². The maximum atomic E-state index is 13.2. The van der Waals surface area contributed by atoms with Crippen LogP contribution < -0.4 is 4.74 Å². The van der Waals surface area contributed by atoms with Crippen molar-refractivity contribution in [1.29, 1.82) is 0 Å². The monoisotopic (exact) mass is 341 g/mol. The molecule has 2 fully saturated rings. The number of methoxy groups -OCH3 is 1. The summed E-state index contributed by atoms with van der Waals surface area (Å²) in [5.41, 5.74) is 0.936. The molecule has 0 N–H and O–H groups in total. The topological polar surface area (TPSA) is 46.6 Å². The van der Waals surface area contributed by atoms with Crippen molar-refractivity contribution in [2.24, 2.45) is 0 Å². The van der Waals surface area contributed by atoms with Gasteiger partial charge in [-0.1, -0.05) is 6.07 Å². The Bertz CT molecular complexity index is 645. The van der Waals surface area contributed by atoms with Gasteiger partial charge in [0.25, 0.3) is 0 Å². The maximum absolute atomic E-state index is 13.2. The van der Waals surface area contributed by atoms with Crippen LogP contribution in [-0.2, 0) is 10.0 Å². The van der Waals surface area contributed by atoms with E-state index < -0.39 is 10.0 Å². The Kier molecular flexibility index (Phi) is 4.45. The number of piperidine rings is 1. The minimum Gasteiger partial charge on any atom is -0.495 e. The normalized spacial score (nSPS) is 28.8. The predicted octanol–water partition coefficient (Wildman–Crippen LogP) is 3.05. The number of sulfonamides is 1. The second-order valence-corrected chi connectivity index (χ2v) is 9.15. The van der Waals surface area contributed by atoms with Crippen LogP contribution in [0.1, 0.15) is 31.2 Å². The molecule has 2 heterocycles. The van der Waals surface area contributed by atoms with E-state index in [0.717, 1.165) is 31.2 Å². The van der Waals surface area contributed by atoms with E-state index in [4.69, 9.17) is 4.74 Å². The van der Waals surface area contributed by atoms with Gasteiger partial charge in [0.1, 0.15) is 10.6 Å². The number of ether oxygens (including phenoxy) is 1. The highest BCUT2D eigenvalue weighted by molar-refractivity contribution is 7.99. The Labute approximate surface area is 137 Å². The Morgan fingerprint density at radius 3 is 2.41 bits per heavy atom. The molecule has 0 aromatic heterocycles. The van der Waals surface area contributed by atoms with Crippen molar-refractivity contribution in [3.05, 3.63) is 23.8 Å². The number of hydrogen-bond acceptors (Lipinski definition) is 4. The fourth-order valence-corrected chi connectivity index (χ4v) is 6.73. The van der Waals surface area contributed by atoms with Crippen molar-refractivity contribution < 1.29 is 13.2 Å². The number of aryl methyl sites for hydroxylation is 1. The highest BCUT2D eigenvalue weighted by Gasteiger charge is 2.47. The summed E-state index contributed by atoms with van der Waals surface area (Å²) in [7, 11) is -1.97. The van der Waals surface area contributed by atoms with Gasteiger partial charge in [-0.3, -0.25) is 0 Å². The van der Waals surface area contributed by atoms with E-state index in [-0.39, 0.29) is 12.1 Å². The van der Waals surface area contributed by atoms with Gasteiger partial charge in [-0.15, -0.1) is 0 Å². The summed E-state index contributed by atoms with van der Waals surface area (Å²) < 4.78 is 33.5. The van der Waals surface area contributed by atoms with E-state index >= 15 is 0 Å². The van der Waals surface area contributed by atoms with Gasteiger partial charge >= 0.3 is 0 Å². The lowest BCUT2D eigenvalue weighted by Gasteiger charge is -2.37. The SMILES string of the molecule is COc1ccc(C)cc1S(=O)(=O)N1C2CCC1CC(SC)C2. The van der Waals surface area contributed by atoms with Crippen LogP contribution in [0.25, 0.3) is 0 Å². The number of benzene rings is 1. The molecule has 6 heteroatoms. The van der Waals surface area contributed by atoms with E-state index in [2.05, 4.69) is 6.26 Å². The second kappa shape index (κ2) is 6.06. The molecule has 2 aliphatic rings. The minimum atomic E-state index is -3.50. The van der Waals surface area contributed by atoms with Crippen molar-refractivity contribution in [3.63, 3.8) is 0 Å². The number of fused-ring (bicyclic) bond motifs is 2. The van der Waals surface area contributed by atoms with E-state index in [0.29, 0.717) is 15.9 Å². The zero-order chi connectivity index (χ0) is 15.9. The molecular weight excluding hydrogens is 318 g/mol. The highest BCUT2D eigenvalue weighted by atomic mass is 32.2. The molecule has 3 rings (SSSR count). The molecule has 22 heavy (non-hydrogen) atoms. The summed E-state index contributed by atoms with van der Waals surface area (Å²) in [5.74, 6) is 0.442. The van der Waals surface area contributed by atoms with Crippen molar-refractivity contribution >= 4 is 21.8 Å². The minimum absolute atomic E-state index is 0.145. The van der Waals surface area contributed by atoms with Crippen LogP contribution in [0, 0.1) is 6.92 Å². The molecule has 0 spiro atoms. The Hall–Kier alpha value is -0.720. The Morgan fingerprint density at radius 1 is 1.23 bits per heavy atom.